The standard InChI is InChI=1S/C23H36O/c1-7-9-11-20-13-15-21(16-14-20)24-23(10-8-2)22(19(5)6)17-12-18(3)4/h8,10,12,17,20-21H,3,5,7,9,11,13-16H2,1-2,4,6H3. The fourth-order valence-corrected chi connectivity index (χ4v) is 3.21. The van der Waals surface area contributed by atoms with Crippen molar-refractivity contribution in [1.29, 1.82) is 0 Å². The average Bonchev–Trinajstić information content (AvgIpc) is 2.54. The molecule has 1 saturated carbocycles. The fourth-order valence-electron chi connectivity index (χ4n) is 3.21. The van der Waals surface area contributed by atoms with E-state index in [0.717, 1.165) is 28.4 Å². The lowest BCUT2D eigenvalue weighted by Gasteiger charge is -2.30. The van der Waals surface area contributed by atoms with Crippen molar-refractivity contribution in [3.8, 4) is 0 Å². The number of allylic oxidation sites excluding steroid dienone is 7. The number of hydrogen-bond acceptors (Lipinski definition) is 1. The Morgan fingerprint density at radius 1 is 1.04 bits per heavy atom. The molecular formula is C23H36O. The average molecular weight is 329 g/mol. The summed E-state index contributed by atoms with van der Waals surface area (Å²) >= 11 is 0. The second kappa shape index (κ2) is 11.1. The van der Waals surface area contributed by atoms with Crippen LogP contribution < -0.4 is 0 Å². The van der Waals surface area contributed by atoms with Crippen LogP contribution in [-0.2, 0) is 4.74 Å². The topological polar surface area (TPSA) is 9.23 Å². The predicted molar refractivity (Wildman–Crippen MR) is 107 cm³/mol. The van der Waals surface area contributed by atoms with Gasteiger partial charge >= 0.3 is 0 Å². The smallest absolute Gasteiger partial charge is 0.126 e. The molecule has 1 aliphatic rings. The molecule has 1 heteroatoms. The summed E-state index contributed by atoms with van der Waals surface area (Å²) in [5, 5.41) is 0. The molecule has 0 spiro atoms. The van der Waals surface area contributed by atoms with Gasteiger partial charge in [0.15, 0.2) is 0 Å². The lowest BCUT2D eigenvalue weighted by Crippen LogP contribution is -2.21. The van der Waals surface area contributed by atoms with Crippen molar-refractivity contribution in [3.63, 3.8) is 0 Å². The number of ether oxygens (including phenoxy) is 1. The Labute approximate surface area is 149 Å². The van der Waals surface area contributed by atoms with Crippen LogP contribution >= 0.6 is 0 Å². The van der Waals surface area contributed by atoms with E-state index in [-0.39, 0.29) is 0 Å². The molecule has 0 aliphatic heterocycles. The highest BCUT2D eigenvalue weighted by Crippen LogP contribution is 2.32. The van der Waals surface area contributed by atoms with Crippen LogP contribution in [0.1, 0.15) is 72.6 Å². The molecular weight excluding hydrogens is 292 g/mol. The highest BCUT2D eigenvalue weighted by Gasteiger charge is 2.22. The predicted octanol–water partition coefficient (Wildman–Crippen LogP) is 7.29. The number of rotatable bonds is 9. The molecule has 0 unspecified atom stereocenters. The van der Waals surface area contributed by atoms with Gasteiger partial charge in [0, 0.05) is 5.57 Å². The highest BCUT2D eigenvalue weighted by molar-refractivity contribution is 5.44. The molecule has 0 aromatic heterocycles. The maximum atomic E-state index is 6.39. The second-order valence-corrected chi connectivity index (χ2v) is 7.14. The minimum atomic E-state index is 0.335. The van der Waals surface area contributed by atoms with Crippen molar-refractivity contribution in [3.05, 3.63) is 59.9 Å². The monoisotopic (exact) mass is 328 g/mol. The van der Waals surface area contributed by atoms with Gasteiger partial charge in [0.05, 0.1) is 6.10 Å². The van der Waals surface area contributed by atoms with E-state index in [9.17, 15) is 0 Å². The molecule has 0 heterocycles. The molecule has 0 bridgehead atoms. The van der Waals surface area contributed by atoms with Gasteiger partial charge in [-0.2, -0.15) is 0 Å². The van der Waals surface area contributed by atoms with Crippen molar-refractivity contribution in [2.24, 2.45) is 5.92 Å². The Hall–Kier alpha value is -1.50. The van der Waals surface area contributed by atoms with Gasteiger partial charge in [0.25, 0.3) is 0 Å². The number of hydrogen-bond donors (Lipinski definition) is 0. The van der Waals surface area contributed by atoms with Gasteiger partial charge < -0.3 is 4.74 Å². The van der Waals surface area contributed by atoms with Gasteiger partial charge in [-0.25, -0.2) is 0 Å². The normalized spacial score (nSPS) is 22.7. The van der Waals surface area contributed by atoms with Crippen LogP contribution in [0.3, 0.4) is 0 Å². The molecule has 24 heavy (non-hydrogen) atoms. The van der Waals surface area contributed by atoms with E-state index in [1.165, 1.54) is 44.9 Å². The van der Waals surface area contributed by atoms with E-state index in [2.05, 4.69) is 32.2 Å². The van der Waals surface area contributed by atoms with Gasteiger partial charge in [0.1, 0.15) is 5.76 Å². The molecule has 0 aromatic carbocycles. The molecule has 0 radical (unpaired) electrons. The third kappa shape index (κ3) is 7.38. The molecule has 1 nitrogen and oxygen atoms in total. The summed E-state index contributed by atoms with van der Waals surface area (Å²) in [6.45, 7) is 16.4. The van der Waals surface area contributed by atoms with Crippen LogP contribution in [0, 0.1) is 5.92 Å². The molecule has 0 saturated heterocycles. The first-order chi connectivity index (χ1) is 11.5. The Bertz CT molecular complexity index is 496. The van der Waals surface area contributed by atoms with Crippen LogP contribution in [-0.4, -0.2) is 6.10 Å². The van der Waals surface area contributed by atoms with Crippen molar-refractivity contribution in [2.45, 2.75) is 78.7 Å². The third-order valence-electron chi connectivity index (χ3n) is 4.63. The Morgan fingerprint density at radius 2 is 1.71 bits per heavy atom. The van der Waals surface area contributed by atoms with E-state index in [0.29, 0.717) is 6.10 Å². The summed E-state index contributed by atoms with van der Waals surface area (Å²) < 4.78 is 6.39. The van der Waals surface area contributed by atoms with E-state index in [1.54, 1.807) is 0 Å². The zero-order chi connectivity index (χ0) is 17.9. The maximum Gasteiger partial charge on any atom is 0.126 e. The van der Waals surface area contributed by atoms with E-state index in [4.69, 9.17) is 4.74 Å². The summed E-state index contributed by atoms with van der Waals surface area (Å²) in [4.78, 5) is 0. The first kappa shape index (κ1) is 20.5. The van der Waals surface area contributed by atoms with E-state index < -0.39 is 0 Å². The van der Waals surface area contributed by atoms with Crippen LogP contribution in [0.15, 0.2) is 59.9 Å². The summed E-state index contributed by atoms with van der Waals surface area (Å²) in [7, 11) is 0. The van der Waals surface area contributed by atoms with Crippen LogP contribution in [0.2, 0.25) is 0 Å². The van der Waals surface area contributed by atoms with Gasteiger partial charge in [0.2, 0.25) is 0 Å². The summed E-state index contributed by atoms with van der Waals surface area (Å²) in [6, 6.07) is 0. The van der Waals surface area contributed by atoms with Crippen molar-refractivity contribution in [2.75, 3.05) is 0 Å². The summed E-state index contributed by atoms with van der Waals surface area (Å²) in [5.74, 6) is 1.85. The van der Waals surface area contributed by atoms with E-state index >= 15 is 0 Å². The molecule has 0 amide bonds. The molecule has 0 atom stereocenters. The molecule has 0 N–H and O–H groups in total. The van der Waals surface area contributed by atoms with Crippen molar-refractivity contribution in [1.82, 2.24) is 0 Å². The number of unbranched alkanes of at least 4 members (excludes halogenated alkanes) is 1. The molecule has 1 aliphatic carbocycles. The zero-order valence-corrected chi connectivity index (χ0v) is 16.2. The minimum Gasteiger partial charge on any atom is -0.490 e. The molecule has 134 valence electrons. The van der Waals surface area contributed by atoms with Crippen LogP contribution in [0.25, 0.3) is 0 Å². The molecule has 1 rings (SSSR count). The first-order valence-corrected chi connectivity index (χ1v) is 9.51. The molecule has 0 aromatic rings. The first-order valence-electron chi connectivity index (χ1n) is 9.51. The van der Waals surface area contributed by atoms with Crippen molar-refractivity contribution >= 4 is 0 Å². The zero-order valence-electron chi connectivity index (χ0n) is 16.2. The molecule has 1 fully saturated rings. The Balaban J connectivity index is 2.80. The maximum absolute atomic E-state index is 6.39. The largest absolute Gasteiger partial charge is 0.490 e. The van der Waals surface area contributed by atoms with Gasteiger partial charge in [-0.1, -0.05) is 63.1 Å². The fraction of sp³-hybridized carbons (Fsp3) is 0.565. The van der Waals surface area contributed by atoms with Crippen LogP contribution in [0.4, 0.5) is 0 Å². The summed E-state index contributed by atoms with van der Waals surface area (Å²) in [6.07, 6.45) is 17.6. The lowest BCUT2D eigenvalue weighted by atomic mass is 9.84. The SMILES string of the molecule is C=C(C)C=CC(C(=C)C)=C(C=CC)OC1CCC(CCCC)CC1. The van der Waals surface area contributed by atoms with Crippen molar-refractivity contribution < 1.29 is 4.74 Å². The quantitative estimate of drug-likeness (QED) is 0.319. The lowest BCUT2D eigenvalue weighted by molar-refractivity contribution is 0.0712. The third-order valence-corrected chi connectivity index (χ3v) is 4.63. The van der Waals surface area contributed by atoms with Gasteiger partial charge in [-0.05, 0) is 64.0 Å². The van der Waals surface area contributed by atoms with Crippen LogP contribution in [0.5, 0.6) is 0 Å². The Morgan fingerprint density at radius 3 is 2.21 bits per heavy atom. The Kier molecular flexibility index (Phi) is 9.52. The highest BCUT2D eigenvalue weighted by atomic mass is 16.5. The second-order valence-electron chi connectivity index (χ2n) is 7.14. The minimum absolute atomic E-state index is 0.335. The summed E-state index contributed by atoms with van der Waals surface area (Å²) in [5.41, 5.74) is 3.13. The van der Waals surface area contributed by atoms with Gasteiger partial charge in [-0.3, -0.25) is 0 Å². The van der Waals surface area contributed by atoms with E-state index in [1.807, 2.05) is 32.9 Å². The van der Waals surface area contributed by atoms with Gasteiger partial charge in [-0.15, -0.1) is 0 Å².